The minimum absolute atomic E-state index is 0.580. The van der Waals surface area contributed by atoms with E-state index in [1.165, 1.54) is 0 Å². The number of methoxy groups -OCH3 is 3. The Labute approximate surface area is 95.6 Å². The first-order valence-electron chi connectivity index (χ1n) is 4.86. The van der Waals surface area contributed by atoms with E-state index in [2.05, 4.69) is 0 Å². The fourth-order valence-corrected chi connectivity index (χ4v) is 1.45. The standard InChI is InChI=1S/C12H17NO3/c1-8(13)5-9-6-10(14-2)12(16-4)11(7-9)15-3/h5-7H,13H2,1-4H3/b8-5-. The molecular weight excluding hydrogens is 206 g/mol. The highest BCUT2D eigenvalue weighted by Crippen LogP contribution is 2.38. The lowest BCUT2D eigenvalue weighted by molar-refractivity contribution is 0.324. The van der Waals surface area contributed by atoms with Gasteiger partial charge in [0.15, 0.2) is 11.5 Å². The molecule has 1 aromatic carbocycles. The van der Waals surface area contributed by atoms with E-state index in [1.54, 1.807) is 21.3 Å². The largest absolute Gasteiger partial charge is 0.493 e. The molecule has 4 heteroatoms. The van der Waals surface area contributed by atoms with Crippen molar-refractivity contribution in [3.05, 3.63) is 23.4 Å². The second-order valence-electron chi connectivity index (χ2n) is 3.35. The third-order valence-corrected chi connectivity index (χ3v) is 2.08. The number of nitrogens with two attached hydrogens (primary N) is 1. The summed E-state index contributed by atoms with van der Waals surface area (Å²) in [6.45, 7) is 1.82. The maximum atomic E-state index is 5.63. The molecule has 0 saturated carbocycles. The van der Waals surface area contributed by atoms with Crippen molar-refractivity contribution in [2.45, 2.75) is 6.92 Å². The van der Waals surface area contributed by atoms with Crippen molar-refractivity contribution in [3.8, 4) is 17.2 Å². The Morgan fingerprint density at radius 1 is 1.06 bits per heavy atom. The minimum atomic E-state index is 0.580. The summed E-state index contributed by atoms with van der Waals surface area (Å²) in [6, 6.07) is 3.69. The molecule has 1 aromatic rings. The summed E-state index contributed by atoms with van der Waals surface area (Å²) in [7, 11) is 4.74. The molecular formula is C12H17NO3. The van der Waals surface area contributed by atoms with E-state index < -0.39 is 0 Å². The number of hydrogen-bond donors (Lipinski definition) is 1. The number of ether oxygens (including phenoxy) is 3. The predicted octanol–water partition coefficient (Wildman–Crippen LogP) is 2.03. The Balaban J connectivity index is 3.31. The van der Waals surface area contributed by atoms with Crippen molar-refractivity contribution in [1.82, 2.24) is 0 Å². The monoisotopic (exact) mass is 223 g/mol. The van der Waals surface area contributed by atoms with Gasteiger partial charge in [-0.3, -0.25) is 0 Å². The lowest BCUT2D eigenvalue weighted by Crippen LogP contribution is -1.96. The predicted molar refractivity (Wildman–Crippen MR) is 63.9 cm³/mol. The summed E-state index contributed by atoms with van der Waals surface area (Å²) in [5.74, 6) is 1.82. The van der Waals surface area contributed by atoms with Gasteiger partial charge < -0.3 is 19.9 Å². The summed E-state index contributed by atoms with van der Waals surface area (Å²) in [5.41, 5.74) is 7.25. The maximum absolute atomic E-state index is 5.63. The van der Waals surface area contributed by atoms with Crippen LogP contribution in [0.1, 0.15) is 12.5 Å². The van der Waals surface area contributed by atoms with Crippen LogP contribution in [0.4, 0.5) is 0 Å². The molecule has 0 aliphatic rings. The minimum Gasteiger partial charge on any atom is -0.493 e. The van der Waals surface area contributed by atoms with E-state index >= 15 is 0 Å². The van der Waals surface area contributed by atoms with Crippen molar-refractivity contribution >= 4 is 6.08 Å². The van der Waals surface area contributed by atoms with Gasteiger partial charge >= 0.3 is 0 Å². The van der Waals surface area contributed by atoms with Crippen LogP contribution in [-0.4, -0.2) is 21.3 Å². The molecule has 0 aromatic heterocycles. The Hall–Kier alpha value is -1.84. The summed E-state index contributed by atoms with van der Waals surface area (Å²) in [4.78, 5) is 0. The zero-order chi connectivity index (χ0) is 12.1. The molecule has 0 fully saturated rings. The number of benzene rings is 1. The molecule has 0 heterocycles. The quantitative estimate of drug-likeness (QED) is 0.848. The van der Waals surface area contributed by atoms with E-state index in [1.807, 2.05) is 25.1 Å². The molecule has 0 spiro atoms. The van der Waals surface area contributed by atoms with Crippen LogP contribution in [0.3, 0.4) is 0 Å². The van der Waals surface area contributed by atoms with Gasteiger partial charge in [-0.2, -0.15) is 0 Å². The van der Waals surface area contributed by atoms with Crippen LogP contribution in [-0.2, 0) is 0 Å². The van der Waals surface area contributed by atoms with Crippen LogP contribution in [0.5, 0.6) is 17.2 Å². The van der Waals surface area contributed by atoms with Gasteiger partial charge in [-0.05, 0) is 30.7 Å². The zero-order valence-corrected chi connectivity index (χ0v) is 10.0. The molecule has 0 aliphatic heterocycles. The van der Waals surface area contributed by atoms with Gasteiger partial charge in [0.05, 0.1) is 21.3 Å². The third-order valence-electron chi connectivity index (χ3n) is 2.08. The van der Waals surface area contributed by atoms with Crippen LogP contribution >= 0.6 is 0 Å². The number of hydrogen-bond acceptors (Lipinski definition) is 4. The average Bonchev–Trinajstić information content (AvgIpc) is 2.26. The van der Waals surface area contributed by atoms with Crippen LogP contribution < -0.4 is 19.9 Å². The lowest BCUT2D eigenvalue weighted by atomic mass is 10.1. The highest BCUT2D eigenvalue weighted by molar-refractivity contribution is 5.62. The second-order valence-corrected chi connectivity index (χ2v) is 3.35. The fourth-order valence-electron chi connectivity index (χ4n) is 1.45. The van der Waals surface area contributed by atoms with Crippen LogP contribution in [0.15, 0.2) is 17.8 Å². The average molecular weight is 223 g/mol. The highest BCUT2D eigenvalue weighted by atomic mass is 16.5. The first-order chi connectivity index (χ1) is 7.62. The van der Waals surface area contributed by atoms with Gasteiger partial charge in [-0.1, -0.05) is 0 Å². The van der Waals surface area contributed by atoms with E-state index in [9.17, 15) is 0 Å². The third kappa shape index (κ3) is 2.59. The number of rotatable bonds is 4. The van der Waals surface area contributed by atoms with Crippen LogP contribution in [0, 0.1) is 0 Å². The second kappa shape index (κ2) is 5.30. The Bertz CT molecular complexity index is 370. The van der Waals surface area contributed by atoms with Crippen molar-refractivity contribution in [1.29, 1.82) is 0 Å². The fraction of sp³-hybridized carbons (Fsp3) is 0.333. The van der Waals surface area contributed by atoms with Gasteiger partial charge in [0.25, 0.3) is 0 Å². The van der Waals surface area contributed by atoms with E-state index in [4.69, 9.17) is 19.9 Å². The SMILES string of the molecule is COc1cc(/C=C(/C)N)cc(OC)c1OC. The van der Waals surface area contributed by atoms with E-state index in [0.29, 0.717) is 22.9 Å². The maximum Gasteiger partial charge on any atom is 0.203 e. The zero-order valence-electron chi connectivity index (χ0n) is 10.0. The van der Waals surface area contributed by atoms with Gasteiger partial charge in [-0.15, -0.1) is 0 Å². The van der Waals surface area contributed by atoms with Crippen LogP contribution in [0.2, 0.25) is 0 Å². The van der Waals surface area contributed by atoms with Crippen molar-refractivity contribution in [2.24, 2.45) is 5.73 Å². The van der Waals surface area contributed by atoms with Gasteiger partial charge in [0.1, 0.15) is 0 Å². The Morgan fingerprint density at radius 2 is 1.56 bits per heavy atom. The van der Waals surface area contributed by atoms with E-state index in [0.717, 1.165) is 5.56 Å². The first kappa shape index (κ1) is 12.2. The lowest BCUT2D eigenvalue weighted by Gasteiger charge is -2.12. The number of allylic oxidation sites excluding steroid dienone is 1. The summed E-state index contributed by atoms with van der Waals surface area (Å²) in [5, 5.41) is 0. The first-order valence-corrected chi connectivity index (χ1v) is 4.86. The molecule has 0 amide bonds. The molecule has 2 N–H and O–H groups in total. The van der Waals surface area contributed by atoms with Crippen molar-refractivity contribution < 1.29 is 14.2 Å². The smallest absolute Gasteiger partial charge is 0.203 e. The molecule has 0 radical (unpaired) electrons. The molecule has 0 bridgehead atoms. The van der Waals surface area contributed by atoms with Crippen molar-refractivity contribution in [3.63, 3.8) is 0 Å². The van der Waals surface area contributed by atoms with Gasteiger partial charge in [-0.25, -0.2) is 0 Å². The summed E-state index contributed by atoms with van der Waals surface area (Å²) < 4.78 is 15.7. The normalized spacial score (nSPS) is 11.1. The molecule has 16 heavy (non-hydrogen) atoms. The summed E-state index contributed by atoms with van der Waals surface area (Å²) >= 11 is 0. The molecule has 88 valence electrons. The van der Waals surface area contributed by atoms with Gasteiger partial charge in [0, 0.05) is 5.70 Å². The molecule has 0 atom stereocenters. The molecule has 0 saturated heterocycles. The summed E-state index contributed by atoms with van der Waals surface area (Å²) in [6.07, 6.45) is 1.84. The molecule has 0 aliphatic carbocycles. The van der Waals surface area contributed by atoms with Crippen LogP contribution in [0.25, 0.3) is 6.08 Å². The highest BCUT2D eigenvalue weighted by Gasteiger charge is 2.11. The van der Waals surface area contributed by atoms with Gasteiger partial charge in [0.2, 0.25) is 5.75 Å². The molecule has 1 rings (SSSR count). The Kier molecular flexibility index (Phi) is 4.05. The van der Waals surface area contributed by atoms with Crippen molar-refractivity contribution in [2.75, 3.05) is 21.3 Å². The van der Waals surface area contributed by atoms with E-state index in [-0.39, 0.29) is 0 Å². The topological polar surface area (TPSA) is 53.7 Å². The molecule has 4 nitrogen and oxygen atoms in total. The Morgan fingerprint density at radius 3 is 1.88 bits per heavy atom. The molecule has 0 unspecified atom stereocenters.